The van der Waals surface area contributed by atoms with Gasteiger partial charge in [0, 0.05) is 30.1 Å². The highest BCUT2D eigenvalue weighted by atomic mass is 19.1. The molecule has 0 saturated heterocycles. The molecule has 3 aromatic rings. The fourth-order valence-electron chi connectivity index (χ4n) is 1.78. The number of anilines is 1. The Morgan fingerprint density at radius 3 is 2.65 bits per heavy atom. The number of ether oxygens (including phenoxy) is 1. The molecule has 0 aliphatic rings. The first-order valence-electron chi connectivity index (χ1n) is 5.76. The van der Waals surface area contributed by atoms with Gasteiger partial charge < -0.3 is 10.5 Å². The van der Waals surface area contributed by atoms with Crippen molar-refractivity contribution in [3.05, 3.63) is 54.4 Å². The second-order valence-electron chi connectivity index (χ2n) is 4.12. The third kappa shape index (κ3) is 2.23. The Morgan fingerprint density at radius 1 is 1.00 bits per heavy atom. The van der Waals surface area contributed by atoms with Crippen molar-refractivity contribution in [2.75, 3.05) is 5.73 Å². The molecule has 4 nitrogen and oxygen atoms in total. The van der Waals surface area contributed by atoms with Crippen molar-refractivity contribution in [3.8, 4) is 11.5 Å². The second-order valence-corrected chi connectivity index (χ2v) is 4.12. The number of aromatic nitrogens is 2. The molecule has 0 saturated carbocycles. The molecular weight excluding hydrogens is 264 g/mol. The Hall–Kier alpha value is -2.76. The zero-order chi connectivity index (χ0) is 14.1. The van der Waals surface area contributed by atoms with E-state index in [-0.39, 0.29) is 5.75 Å². The molecule has 0 amide bonds. The van der Waals surface area contributed by atoms with Gasteiger partial charge in [-0.15, -0.1) is 0 Å². The number of benzene rings is 1. The molecule has 20 heavy (non-hydrogen) atoms. The van der Waals surface area contributed by atoms with Crippen molar-refractivity contribution in [3.63, 3.8) is 0 Å². The smallest absolute Gasteiger partial charge is 0.167 e. The van der Waals surface area contributed by atoms with Crippen LogP contribution in [-0.2, 0) is 0 Å². The first-order chi connectivity index (χ1) is 9.63. The summed E-state index contributed by atoms with van der Waals surface area (Å²) >= 11 is 0. The molecule has 1 aromatic carbocycles. The fraction of sp³-hybridized carbons (Fsp3) is 0. The van der Waals surface area contributed by atoms with E-state index in [0.717, 1.165) is 12.3 Å². The summed E-state index contributed by atoms with van der Waals surface area (Å²) in [5.74, 6) is -0.783. The summed E-state index contributed by atoms with van der Waals surface area (Å²) < 4.78 is 32.2. The normalized spacial score (nSPS) is 10.7. The molecule has 0 aliphatic carbocycles. The highest BCUT2D eigenvalue weighted by molar-refractivity contribution is 5.80. The van der Waals surface area contributed by atoms with Gasteiger partial charge in [-0.2, -0.15) is 0 Å². The van der Waals surface area contributed by atoms with Crippen molar-refractivity contribution in [2.24, 2.45) is 0 Å². The lowest BCUT2D eigenvalue weighted by Crippen LogP contribution is -1.94. The van der Waals surface area contributed by atoms with Gasteiger partial charge in [-0.1, -0.05) is 0 Å². The number of pyridine rings is 2. The van der Waals surface area contributed by atoms with E-state index >= 15 is 0 Å². The minimum absolute atomic E-state index is 0.0119. The minimum atomic E-state index is -0.586. The largest absolute Gasteiger partial charge is 0.452 e. The van der Waals surface area contributed by atoms with Crippen LogP contribution in [0.15, 0.2) is 42.7 Å². The van der Waals surface area contributed by atoms with E-state index in [2.05, 4.69) is 9.97 Å². The summed E-state index contributed by atoms with van der Waals surface area (Å²) in [6.07, 6.45) is 2.49. The molecule has 2 heterocycles. The molecule has 6 heteroatoms. The van der Waals surface area contributed by atoms with Crippen LogP contribution in [-0.4, -0.2) is 9.97 Å². The number of nitrogens with two attached hydrogens (primary N) is 1. The second kappa shape index (κ2) is 4.73. The predicted octanol–water partition coefficient (Wildman–Crippen LogP) is 3.28. The van der Waals surface area contributed by atoms with Gasteiger partial charge in [-0.3, -0.25) is 4.98 Å². The van der Waals surface area contributed by atoms with Crippen molar-refractivity contribution in [2.45, 2.75) is 0 Å². The molecule has 0 atom stereocenters. The Balaban J connectivity index is 2.06. The van der Waals surface area contributed by atoms with Crippen LogP contribution >= 0.6 is 0 Å². The number of halogens is 2. The summed E-state index contributed by atoms with van der Waals surface area (Å²) in [4.78, 5) is 7.90. The van der Waals surface area contributed by atoms with E-state index in [0.29, 0.717) is 22.5 Å². The minimum Gasteiger partial charge on any atom is -0.452 e. The van der Waals surface area contributed by atoms with Crippen LogP contribution in [0.4, 0.5) is 14.5 Å². The van der Waals surface area contributed by atoms with Crippen LogP contribution in [0.25, 0.3) is 11.0 Å². The van der Waals surface area contributed by atoms with Gasteiger partial charge in [0.1, 0.15) is 11.3 Å². The maximum Gasteiger partial charge on any atom is 0.167 e. The van der Waals surface area contributed by atoms with E-state index in [9.17, 15) is 8.78 Å². The van der Waals surface area contributed by atoms with Gasteiger partial charge in [-0.25, -0.2) is 13.8 Å². The van der Waals surface area contributed by atoms with Crippen molar-refractivity contribution >= 4 is 16.7 Å². The van der Waals surface area contributed by atoms with E-state index < -0.39 is 11.6 Å². The Morgan fingerprint density at radius 2 is 1.85 bits per heavy atom. The third-order valence-electron chi connectivity index (χ3n) is 2.68. The number of rotatable bonds is 2. The number of hydrogen-bond acceptors (Lipinski definition) is 4. The Labute approximate surface area is 112 Å². The Kier molecular flexibility index (Phi) is 2.90. The number of hydrogen-bond donors (Lipinski definition) is 1. The summed E-state index contributed by atoms with van der Waals surface area (Å²) in [6.45, 7) is 0. The first-order valence-corrected chi connectivity index (χ1v) is 5.76. The van der Waals surface area contributed by atoms with Crippen LogP contribution < -0.4 is 10.5 Å². The SMILES string of the molecule is Nc1ccc(Oc2ccnc3cc(F)cnc23)c(F)c1. The van der Waals surface area contributed by atoms with Crippen LogP contribution in [0.5, 0.6) is 11.5 Å². The van der Waals surface area contributed by atoms with Gasteiger partial charge in [0.15, 0.2) is 17.3 Å². The standard InChI is InChI=1S/C14H9F2N3O/c15-8-5-11-14(19-7-8)13(3-4-18-11)20-12-2-1-9(17)6-10(12)16/h1-7H,17H2. The van der Waals surface area contributed by atoms with Gasteiger partial charge in [0.05, 0.1) is 11.7 Å². The maximum atomic E-state index is 13.7. The molecule has 2 N–H and O–H groups in total. The molecule has 0 radical (unpaired) electrons. The Bertz CT molecular complexity index is 792. The van der Waals surface area contributed by atoms with Crippen LogP contribution in [0.3, 0.4) is 0 Å². The lowest BCUT2D eigenvalue weighted by Gasteiger charge is -2.09. The molecule has 2 aromatic heterocycles. The molecule has 0 aliphatic heterocycles. The highest BCUT2D eigenvalue weighted by Gasteiger charge is 2.10. The molecule has 0 fully saturated rings. The van der Waals surface area contributed by atoms with Crippen molar-refractivity contribution < 1.29 is 13.5 Å². The predicted molar refractivity (Wildman–Crippen MR) is 70.4 cm³/mol. The zero-order valence-corrected chi connectivity index (χ0v) is 10.2. The van der Waals surface area contributed by atoms with Crippen LogP contribution in [0.1, 0.15) is 0 Å². The van der Waals surface area contributed by atoms with E-state index in [1.807, 2.05) is 0 Å². The van der Waals surface area contributed by atoms with Gasteiger partial charge >= 0.3 is 0 Å². The summed E-state index contributed by atoms with van der Waals surface area (Å²) in [5.41, 5.74) is 6.45. The van der Waals surface area contributed by atoms with E-state index in [1.54, 1.807) is 0 Å². The quantitative estimate of drug-likeness (QED) is 0.728. The number of nitrogens with zero attached hydrogens (tertiary/aromatic N) is 2. The summed E-state index contributed by atoms with van der Waals surface area (Å²) in [7, 11) is 0. The van der Waals surface area contributed by atoms with Crippen molar-refractivity contribution in [1.29, 1.82) is 0 Å². The highest BCUT2D eigenvalue weighted by Crippen LogP contribution is 2.29. The summed E-state index contributed by atoms with van der Waals surface area (Å²) in [5, 5.41) is 0. The van der Waals surface area contributed by atoms with E-state index in [1.165, 1.54) is 30.5 Å². The lowest BCUT2D eigenvalue weighted by atomic mass is 10.3. The van der Waals surface area contributed by atoms with Gasteiger partial charge in [-0.05, 0) is 12.1 Å². The molecule has 0 spiro atoms. The topological polar surface area (TPSA) is 61.0 Å². The van der Waals surface area contributed by atoms with E-state index in [4.69, 9.17) is 10.5 Å². The fourth-order valence-corrected chi connectivity index (χ4v) is 1.78. The van der Waals surface area contributed by atoms with Gasteiger partial charge in [0.25, 0.3) is 0 Å². The number of fused-ring (bicyclic) bond motifs is 1. The van der Waals surface area contributed by atoms with Crippen LogP contribution in [0.2, 0.25) is 0 Å². The van der Waals surface area contributed by atoms with Gasteiger partial charge in [0.2, 0.25) is 0 Å². The molecule has 3 rings (SSSR count). The third-order valence-corrected chi connectivity index (χ3v) is 2.68. The molecule has 0 unspecified atom stereocenters. The zero-order valence-electron chi connectivity index (χ0n) is 10.2. The number of nitrogen functional groups attached to an aromatic ring is 1. The maximum absolute atomic E-state index is 13.7. The molecular formula is C14H9F2N3O. The summed E-state index contributed by atoms with van der Waals surface area (Å²) in [6, 6.07) is 6.86. The molecule has 100 valence electrons. The first kappa shape index (κ1) is 12.3. The monoisotopic (exact) mass is 273 g/mol. The average molecular weight is 273 g/mol. The lowest BCUT2D eigenvalue weighted by molar-refractivity contribution is 0.445. The van der Waals surface area contributed by atoms with Crippen LogP contribution in [0, 0.1) is 11.6 Å². The van der Waals surface area contributed by atoms with Crippen molar-refractivity contribution in [1.82, 2.24) is 9.97 Å². The average Bonchev–Trinajstić information content (AvgIpc) is 2.41. The molecule has 0 bridgehead atoms.